The first-order valence-corrected chi connectivity index (χ1v) is 10.6. The van der Waals surface area contributed by atoms with Crippen LogP contribution < -0.4 is 0 Å². The molecule has 0 heterocycles. The Kier molecular flexibility index (Phi) is 2.80. The van der Waals surface area contributed by atoms with Crippen molar-refractivity contribution in [2.24, 2.45) is 53.3 Å². The van der Waals surface area contributed by atoms with Crippen LogP contribution in [0.1, 0.15) is 58.3 Å². The van der Waals surface area contributed by atoms with Gasteiger partial charge in [0, 0.05) is 0 Å². The third kappa shape index (κ3) is 1.66. The number of carbonyl (C=O) groups is 1. The molecule has 6 aliphatic carbocycles. The molecule has 5 saturated carbocycles. The predicted octanol–water partition coefficient (Wildman–Crippen LogP) is 4.59. The van der Waals surface area contributed by atoms with Crippen molar-refractivity contribution in [1.29, 1.82) is 0 Å². The third-order valence-corrected chi connectivity index (χ3v) is 9.34. The largest absolute Gasteiger partial charge is 0.459 e. The molecule has 0 aliphatic heterocycles. The van der Waals surface area contributed by atoms with Crippen molar-refractivity contribution >= 4 is 5.97 Å². The Morgan fingerprint density at radius 2 is 1.96 bits per heavy atom. The molecular formula is C22H30O2. The average Bonchev–Trinajstić information content (AvgIpc) is 3.39. The second-order valence-electron chi connectivity index (χ2n) is 10.0. The molecule has 0 spiro atoms. The number of esters is 1. The van der Waals surface area contributed by atoms with Crippen LogP contribution in [-0.4, -0.2) is 11.6 Å². The molecule has 0 aromatic carbocycles. The standard InChI is InChI=1S/C22H30O2/c1-2-16-7-12-5-6-22(16,11-12)24-21(23)18-10-15-9-17(18)20-14-4-3-13(8-14)19(15)20/h3-4,12-20H,2,5-11H2,1H3. The van der Waals surface area contributed by atoms with E-state index in [2.05, 4.69) is 19.1 Å². The van der Waals surface area contributed by atoms with Crippen molar-refractivity contribution in [2.45, 2.75) is 63.9 Å². The van der Waals surface area contributed by atoms with E-state index < -0.39 is 0 Å². The highest BCUT2D eigenvalue weighted by Gasteiger charge is 2.63. The van der Waals surface area contributed by atoms with Crippen LogP contribution in [0.25, 0.3) is 0 Å². The zero-order valence-electron chi connectivity index (χ0n) is 14.8. The van der Waals surface area contributed by atoms with Gasteiger partial charge in [0.25, 0.3) is 0 Å². The van der Waals surface area contributed by atoms with Gasteiger partial charge in [-0.15, -0.1) is 0 Å². The van der Waals surface area contributed by atoms with Gasteiger partial charge < -0.3 is 4.74 Å². The zero-order valence-corrected chi connectivity index (χ0v) is 14.8. The summed E-state index contributed by atoms with van der Waals surface area (Å²) < 4.78 is 6.40. The minimum Gasteiger partial charge on any atom is -0.459 e. The summed E-state index contributed by atoms with van der Waals surface area (Å²) in [7, 11) is 0. The van der Waals surface area contributed by atoms with Gasteiger partial charge in [-0.1, -0.05) is 19.1 Å². The summed E-state index contributed by atoms with van der Waals surface area (Å²) in [6, 6.07) is 0. The molecule has 0 aromatic rings. The molecule has 24 heavy (non-hydrogen) atoms. The van der Waals surface area contributed by atoms with Crippen LogP contribution in [0.2, 0.25) is 0 Å². The van der Waals surface area contributed by atoms with Crippen LogP contribution in [-0.2, 0) is 9.53 Å². The van der Waals surface area contributed by atoms with E-state index in [0.717, 1.165) is 54.8 Å². The smallest absolute Gasteiger partial charge is 0.309 e. The number of hydrogen-bond donors (Lipinski definition) is 0. The Hall–Kier alpha value is -0.790. The highest BCUT2D eigenvalue weighted by molar-refractivity contribution is 5.74. The maximum absolute atomic E-state index is 13.2. The van der Waals surface area contributed by atoms with E-state index in [1.807, 2.05) is 0 Å². The minimum absolute atomic E-state index is 0.0632. The summed E-state index contributed by atoms with van der Waals surface area (Å²) in [5.41, 5.74) is -0.0632. The molecule has 0 amide bonds. The van der Waals surface area contributed by atoms with E-state index >= 15 is 0 Å². The van der Waals surface area contributed by atoms with Crippen molar-refractivity contribution in [3.63, 3.8) is 0 Å². The molecule has 2 nitrogen and oxygen atoms in total. The molecule has 0 aromatic heterocycles. The van der Waals surface area contributed by atoms with E-state index in [1.165, 1.54) is 32.1 Å². The molecule has 10 atom stereocenters. The summed E-state index contributed by atoms with van der Waals surface area (Å²) in [6.07, 6.45) is 14.9. The van der Waals surface area contributed by atoms with E-state index in [-0.39, 0.29) is 17.5 Å². The second-order valence-corrected chi connectivity index (χ2v) is 10.0. The molecule has 130 valence electrons. The van der Waals surface area contributed by atoms with Gasteiger partial charge in [-0.25, -0.2) is 0 Å². The molecule has 6 rings (SSSR count). The van der Waals surface area contributed by atoms with Crippen LogP contribution in [0.5, 0.6) is 0 Å². The van der Waals surface area contributed by atoms with Gasteiger partial charge in [0.1, 0.15) is 5.60 Å². The van der Waals surface area contributed by atoms with Gasteiger partial charge in [0.05, 0.1) is 5.92 Å². The van der Waals surface area contributed by atoms with E-state index in [4.69, 9.17) is 4.74 Å². The monoisotopic (exact) mass is 326 g/mol. The SMILES string of the molecule is CCC1CC2CCC1(OC(=O)C1CC3CC1C1C4C=CC(C4)C31)C2. The lowest BCUT2D eigenvalue weighted by Gasteiger charge is -2.39. The lowest BCUT2D eigenvalue weighted by Crippen LogP contribution is -2.42. The van der Waals surface area contributed by atoms with Crippen molar-refractivity contribution in [3.05, 3.63) is 12.2 Å². The zero-order chi connectivity index (χ0) is 16.1. The number of hydrogen-bond acceptors (Lipinski definition) is 2. The fourth-order valence-corrected chi connectivity index (χ4v) is 8.61. The van der Waals surface area contributed by atoms with Gasteiger partial charge in [-0.2, -0.15) is 0 Å². The molecule has 0 radical (unpaired) electrons. The van der Waals surface area contributed by atoms with E-state index in [9.17, 15) is 4.79 Å². The molecule has 6 bridgehead atoms. The Morgan fingerprint density at radius 3 is 2.75 bits per heavy atom. The lowest BCUT2D eigenvalue weighted by atomic mass is 9.69. The van der Waals surface area contributed by atoms with Gasteiger partial charge in [0.15, 0.2) is 0 Å². The second kappa shape index (κ2) is 4.68. The van der Waals surface area contributed by atoms with Gasteiger partial charge in [-0.3, -0.25) is 4.79 Å². The molecule has 0 saturated heterocycles. The Morgan fingerprint density at radius 1 is 1.12 bits per heavy atom. The molecular weight excluding hydrogens is 296 g/mol. The molecule has 5 fully saturated rings. The summed E-state index contributed by atoms with van der Waals surface area (Å²) in [5.74, 6) is 6.73. The van der Waals surface area contributed by atoms with Crippen LogP contribution in [0.4, 0.5) is 0 Å². The lowest BCUT2D eigenvalue weighted by molar-refractivity contribution is -0.172. The first-order valence-electron chi connectivity index (χ1n) is 10.6. The van der Waals surface area contributed by atoms with Crippen LogP contribution >= 0.6 is 0 Å². The van der Waals surface area contributed by atoms with Gasteiger partial charge in [-0.05, 0) is 98.7 Å². The quantitative estimate of drug-likeness (QED) is 0.431. The Labute approximate surface area is 145 Å². The topological polar surface area (TPSA) is 26.3 Å². The van der Waals surface area contributed by atoms with E-state index in [0.29, 0.717) is 11.8 Å². The molecule has 2 heteroatoms. The predicted molar refractivity (Wildman–Crippen MR) is 92.0 cm³/mol. The maximum Gasteiger partial charge on any atom is 0.309 e. The first kappa shape index (κ1) is 14.4. The normalized spacial score (nSPS) is 58.6. The number of fused-ring (bicyclic) bond motifs is 11. The van der Waals surface area contributed by atoms with Crippen molar-refractivity contribution < 1.29 is 9.53 Å². The Balaban J connectivity index is 1.22. The molecule has 6 aliphatic rings. The fraction of sp³-hybridized carbons (Fsp3) is 0.864. The van der Waals surface area contributed by atoms with Gasteiger partial charge >= 0.3 is 5.97 Å². The summed E-state index contributed by atoms with van der Waals surface area (Å²) in [6.45, 7) is 2.28. The fourth-order valence-electron chi connectivity index (χ4n) is 8.61. The number of ether oxygens (including phenoxy) is 1. The van der Waals surface area contributed by atoms with Crippen molar-refractivity contribution in [2.75, 3.05) is 0 Å². The number of rotatable bonds is 3. The van der Waals surface area contributed by atoms with E-state index in [1.54, 1.807) is 0 Å². The minimum atomic E-state index is -0.0632. The summed E-state index contributed by atoms with van der Waals surface area (Å²) >= 11 is 0. The summed E-state index contributed by atoms with van der Waals surface area (Å²) in [4.78, 5) is 13.2. The van der Waals surface area contributed by atoms with Crippen LogP contribution in [0, 0.1) is 53.3 Å². The van der Waals surface area contributed by atoms with Gasteiger partial charge in [0.2, 0.25) is 0 Å². The molecule has 0 N–H and O–H groups in total. The van der Waals surface area contributed by atoms with Crippen LogP contribution in [0.15, 0.2) is 12.2 Å². The highest BCUT2D eigenvalue weighted by Crippen LogP contribution is 2.67. The van der Waals surface area contributed by atoms with Crippen LogP contribution in [0.3, 0.4) is 0 Å². The maximum atomic E-state index is 13.2. The Bertz CT molecular complexity index is 609. The van der Waals surface area contributed by atoms with Crippen molar-refractivity contribution in [3.8, 4) is 0 Å². The first-order chi connectivity index (χ1) is 11.7. The highest BCUT2D eigenvalue weighted by atomic mass is 16.6. The third-order valence-electron chi connectivity index (χ3n) is 9.34. The number of allylic oxidation sites excluding steroid dienone is 2. The summed E-state index contributed by atoms with van der Waals surface area (Å²) in [5, 5.41) is 0. The number of carbonyl (C=O) groups excluding carboxylic acids is 1. The molecule has 10 unspecified atom stereocenters. The van der Waals surface area contributed by atoms with Crippen molar-refractivity contribution in [1.82, 2.24) is 0 Å². The average molecular weight is 326 g/mol.